The van der Waals surface area contributed by atoms with E-state index in [1.165, 1.54) is 24.3 Å². The van der Waals surface area contributed by atoms with Crippen LogP contribution in [0.4, 0.5) is 20.4 Å². The summed E-state index contributed by atoms with van der Waals surface area (Å²) < 4.78 is 64.3. The minimum atomic E-state index is -1.85. The monoisotopic (exact) mass is 1080 g/mol. The van der Waals surface area contributed by atoms with Gasteiger partial charge in [0.05, 0.1) is 48.9 Å². The molecule has 0 unspecified atom stereocenters. The van der Waals surface area contributed by atoms with E-state index >= 15 is 0 Å². The number of carbonyl (C=O) groups is 1. The first kappa shape index (κ1) is 57.4. The summed E-state index contributed by atoms with van der Waals surface area (Å²) in [5, 5.41) is 13.3. The predicted octanol–water partition coefficient (Wildman–Crippen LogP) is 12.2. The molecule has 4 aromatic carbocycles. The Kier molecular flexibility index (Phi) is 19.3. The number of benzene rings is 4. The van der Waals surface area contributed by atoms with Crippen LogP contribution in [-0.4, -0.2) is 89.4 Å². The number of nitrogens with zero attached hydrogens (tertiary/aromatic N) is 4. The van der Waals surface area contributed by atoms with Crippen LogP contribution in [0.15, 0.2) is 77.8 Å². The summed E-state index contributed by atoms with van der Waals surface area (Å²) in [4.78, 5) is 17.2. The Balaban J connectivity index is 0.000000238. The number of anilines is 2. The van der Waals surface area contributed by atoms with Gasteiger partial charge in [0.25, 0.3) is 0 Å². The maximum atomic E-state index is 13.5. The molecule has 0 radical (unpaired) electrons. The zero-order valence-corrected chi connectivity index (χ0v) is 47.6. The van der Waals surface area contributed by atoms with Crippen molar-refractivity contribution in [2.75, 3.05) is 51.6 Å². The van der Waals surface area contributed by atoms with Crippen molar-refractivity contribution in [1.82, 2.24) is 25.6 Å². The van der Waals surface area contributed by atoms with Gasteiger partial charge in [-0.05, 0) is 120 Å². The third kappa shape index (κ3) is 15.6. The van der Waals surface area contributed by atoms with Gasteiger partial charge < -0.3 is 33.1 Å². The highest BCUT2D eigenvalue weighted by Gasteiger charge is 2.38. The number of rotatable bonds is 16. The standard InChI is InChI=1S/C27H37ClFN3O4Si.C26H34ClFN4O3Si/c1-18-13-22(28)24(35-11-12-36-37(5,6)27(2,3)4)14-20(18)15-26(33)32-31-25-17-34-16-23(30-25)19-7-9-21(29)10-8-19;1-17-13-20(27)23(34-11-12-35-36(5,6)26(2,3)4)14-21(17)29-25-31-30-24-16-33-15-22(32(24)25)18-7-9-19(28)10-8-18/h7-10,13-14,23H,11-12,15-17H2,1-6H3,(H,30,31)(H,32,33);7-10,13-14,22H,11-12,15-16H2,1-6H3,(H,29,31)/t23-;22-/m00/s1. The average Bonchev–Trinajstić information content (AvgIpc) is 3.74. The van der Waals surface area contributed by atoms with Crippen molar-refractivity contribution >= 4 is 63.2 Å². The number of nitrogens with one attached hydrogen (secondary N) is 3. The van der Waals surface area contributed by atoms with E-state index < -0.39 is 16.6 Å². The molecule has 396 valence electrons. The van der Waals surface area contributed by atoms with Crippen molar-refractivity contribution in [2.24, 2.45) is 4.99 Å². The van der Waals surface area contributed by atoms with Crippen LogP contribution in [0, 0.1) is 25.5 Å². The van der Waals surface area contributed by atoms with Gasteiger partial charge in [-0.25, -0.2) is 8.78 Å². The molecule has 3 heterocycles. The molecule has 73 heavy (non-hydrogen) atoms. The van der Waals surface area contributed by atoms with E-state index in [0.717, 1.165) is 33.5 Å². The van der Waals surface area contributed by atoms with Gasteiger partial charge in [0, 0.05) is 11.8 Å². The summed E-state index contributed by atoms with van der Waals surface area (Å²) in [5.41, 5.74) is 10.7. The van der Waals surface area contributed by atoms with Gasteiger partial charge in [-0.3, -0.25) is 25.2 Å². The van der Waals surface area contributed by atoms with Crippen molar-refractivity contribution in [2.45, 2.75) is 117 Å². The number of carbonyl (C=O) groups excluding carboxylic acids is 1. The fraction of sp³-hybridized carbons (Fsp3) is 0.472. The molecule has 0 saturated heterocycles. The lowest BCUT2D eigenvalue weighted by Gasteiger charge is -2.36. The van der Waals surface area contributed by atoms with Crippen LogP contribution in [0.1, 0.15) is 87.3 Å². The Bertz CT molecular complexity index is 2700. The van der Waals surface area contributed by atoms with E-state index in [9.17, 15) is 13.6 Å². The molecule has 2 atom stereocenters. The molecular formula is C53H71Cl2F2N7O7Si2. The molecule has 14 nitrogen and oxygen atoms in total. The number of amides is 1. The molecular weight excluding hydrogens is 1010 g/mol. The molecule has 20 heteroatoms. The molecule has 0 spiro atoms. The van der Waals surface area contributed by atoms with E-state index in [1.807, 2.05) is 30.5 Å². The van der Waals surface area contributed by atoms with Crippen LogP contribution < -0.4 is 25.6 Å². The molecule has 5 aromatic rings. The minimum Gasteiger partial charge on any atom is -0.490 e. The van der Waals surface area contributed by atoms with Crippen molar-refractivity contribution in [3.63, 3.8) is 0 Å². The molecule has 0 saturated carbocycles. The highest BCUT2D eigenvalue weighted by molar-refractivity contribution is 6.74. The molecule has 2 aliphatic heterocycles. The maximum Gasteiger partial charge on any atom is 0.242 e. The van der Waals surface area contributed by atoms with Crippen LogP contribution in [0.5, 0.6) is 11.5 Å². The zero-order valence-electron chi connectivity index (χ0n) is 44.1. The highest BCUT2D eigenvalue weighted by atomic mass is 35.5. The van der Waals surface area contributed by atoms with E-state index in [4.69, 9.17) is 51.0 Å². The Morgan fingerprint density at radius 3 is 1.84 bits per heavy atom. The lowest BCUT2D eigenvalue weighted by Crippen LogP contribution is -2.45. The third-order valence-electron chi connectivity index (χ3n) is 13.8. The Morgan fingerprint density at radius 1 is 0.726 bits per heavy atom. The molecule has 0 fully saturated rings. The summed E-state index contributed by atoms with van der Waals surface area (Å²) in [6.07, 6.45) is 0.127. The quantitative estimate of drug-likeness (QED) is 0.0492. The second kappa shape index (κ2) is 24.6. The number of halogens is 4. The number of aromatic nitrogens is 3. The summed E-state index contributed by atoms with van der Waals surface area (Å²) in [7, 11) is -3.70. The second-order valence-electron chi connectivity index (χ2n) is 21.2. The highest BCUT2D eigenvalue weighted by Crippen LogP contribution is 2.39. The number of hydrogen-bond donors (Lipinski definition) is 3. The topological polar surface area (TPSA) is 152 Å². The fourth-order valence-electron chi connectivity index (χ4n) is 7.26. The molecule has 7 rings (SSSR count). The summed E-state index contributed by atoms with van der Waals surface area (Å²) >= 11 is 12.9. The van der Waals surface area contributed by atoms with Crippen LogP contribution >= 0.6 is 23.2 Å². The van der Waals surface area contributed by atoms with Gasteiger partial charge in [0.1, 0.15) is 61.4 Å². The van der Waals surface area contributed by atoms with Gasteiger partial charge >= 0.3 is 0 Å². The van der Waals surface area contributed by atoms with E-state index in [2.05, 4.69) is 99.1 Å². The Hall–Kier alpha value is -4.93. The van der Waals surface area contributed by atoms with Crippen molar-refractivity contribution in [3.05, 3.63) is 128 Å². The van der Waals surface area contributed by atoms with Crippen LogP contribution in [0.3, 0.4) is 0 Å². The summed E-state index contributed by atoms with van der Waals surface area (Å²) in [6.45, 7) is 29.1. The first-order chi connectivity index (χ1) is 34.3. The molecule has 3 N–H and O–H groups in total. The largest absolute Gasteiger partial charge is 0.490 e. The number of aryl methyl sites for hydroxylation is 2. The predicted molar refractivity (Wildman–Crippen MR) is 290 cm³/mol. The molecule has 0 aliphatic carbocycles. The van der Waals surface area contributed by atoms with Crippen molar-refractivity contribution in [3.8, 4) is 11.5 Å². The zero-order chi connectivity index (χ0) is 53.3. The van der Waals surface area contributed by atoms with Crippen molar-refractivity contribution in [1.29, 1.82) is 0 Å². The van der Waals surface area contributed by atoms with Gasteiger partial charge in [-0.2, -0.15) is 0 Å². The molecule has 1 aromatic heterocycles. The number of amidine groups is 1. The number of hydrogen-bond acceptors (Lipinski definition) is 12. The smallest absolute Gasteiger partial charge is 0.242 e. The van der Waals surface area contributed by atoms with Crippen LogP contribution in [0.2, 0.25) is 46.3 Å². The number of hydrazine groups is 1. The van der Waals surface area contributed by atoms with Crippen LogP contribution in [0.25, 0.3) is 0 Å². The minimum absolute atomic E-state index is 0.125. The number of fused-ring (bicyclic) bond motifs is 1. The van der Waals surface area contributed by atoms with Crippen LogP contribution in [-0.2, 0) is 36.1 Å². The van der Waals surface area contributed by atoms with Gasteiger partial charge in [0.15, 0.2) is 22.5 Å². The number of ether oxygens (including phenoxy) is 4. The maximum absolute atomic E-state index is 13.5. The van der Waals surface area contributed by atoms with Gasteiger partial charge in [-0.1, -0.05) is 89.0 Å². The average molecular weight is 1080 g/mol. The Labute approximate surface area is 441 Å². The summed E-state index contributed by atoms with van der Waals surface area (Å²) in [6, 6.07) is 19.4. The van der Waals surface area contributed by atoms with Gasteiger partial charge in [0.2, 0.25) is 11.9 Å². The lowest BCUT2D eigenvalue weighted by atomic mass is 10.1. The molecule has 1 amide bonds. The first-order valence-corrected chi connectivity index (χ1v) is 31.0. The SMILES string of the molecule is Cc1cc(Cl)c(OCCO[Si](C)(C)C(C)(C)C)cc1CC(=O)NNC1=N[C@H](c2ccc(F)cc2)COC1.Cc1cc(Cl)c(OCCO[Si](C)(C)C(C)(C)C)cc1Nc1nnc2n1[C@H](c1ccc(F)cc1)COC2. The van der Waals surface area contributed by atoms with Gasteiger partial charge in [-0.15, -0.1) is 10.2 Å². The number of aliphatic imine (C=N–C) groups is 1. The van der Waals surface area contributed by atoms with E-state index in [-0.39, 0.29) is 52.7 Å². The Morgan fingerprint density at radius 2 is 1.26 bits per heavy atom. The lowest BCUT2D eigenvalue weighted by molar-refractivity contribution is -0.121. The third-order valence-corrected chi connectivity index (χ3v) is 23.4. The van der Waals surface area contributed by atoms with E-state index in [1.54, 1.807) is 36.4 Å². The normalized spacial score (nSPS) is 16.1. The second-order valence-corrected chi connectivity index (χ2v) is 31.7. The first-order valence-electron chi connectivity index (χ1n) is 24.4. The molecule has 0 bridgehead atoms. The van der Waals surface area contributed by atoms with Crippen molar-refractivity contribution < 1.29 is 41.4 Å². The fourth-order valence-corrected chi connectivity index (χ4v) is 9.86. The van der Waals surface area contributed by atoms with E-state index in [0.29, 0.717) is 85.4 Å². The summed E-state index contributed by atoms with van der Waals surface area (Å²) in [5.74, 6) is 2.02. The molecule has 2 aliphatic rings.